The molecule has 0 aromatic rings. The number of hydrogen-bond donors (Lipinski definition) is 0. The van der Waals surface area contributed by atoms with E-state index in [4.69, 9.17) is 0 Å². The fourth-order valence-electron chi connectivity index (χ4n) is 1.87. The molecule has 0 saturated heterocycles. The number of hydrogen-bond acceptors (Lipinski definition) is 0. The SMILES string of the molecule is C1=CCCC2CC[CH-]C2=C1.[Cl-].[Cl-].[Cl-].[Ti+4]. The summed E-state index contributed by atoms with van der Waals surface area (Å²) in [5.41, 5.74) is 1.59. The summed E-state index contributed by atoms with van der Waals surface area (Å²) in [6.45, 7) is 0. The van der Waals surface area contributed by atoms with Gasteiger partial charge in [-0.2, -0.15) is 0 Å². The summed E-state index contributed by atoms with van der Waals surface area (Å²) in [5.74, 6) is 0.898. The molecule has 0 radical (unpaired) electrons. The molecule has 0 bridgehead atoms. The van der Waals surface area contributed by atoms with Gasteiger partial charge in [-0.15, -0.1) is 18.6 Å². The van der Waals surface area contributed by atoms with E-state index in [1.165, 1.54) is 25.7 Å². The zero-order valence-corrected chi connectivity index (χ0v) is 11.7. The maximum atomic E-state index is 2.39. The van der Waals surface area contributed by atoms with Crippen molar-refractivity contribution in [2.45, 2.75) is 25.7 Å². The Labute approximate surface area is 120 Å². The van der Waals surface area contributed by atoms with Crippen molar-refractivity contribution in [3.63, 3.8) is 0 Å². The molecule has 2 rings (SSSR count). The maximum Gasteiger partial charge on any atom is 4.00 e. The smallest absolute Gasteiger partial charge is 1.00 e. The van der Waals surface area contributed by atoms with E-state index in [2.05, 4.69) is 24.6 Å². The zero-order valence-electron chi connectivity index (χ0n) is 7.85. The molecule has 14 heavy (non-hydrogen) atoms. The summed E-state index contributed by atoms with van der Waals surface area (Å²) in [7, 11) is 0. The molecule has 1 unspecified atom stereocenters. The van der Waals surface area contributed by atoms with Gasteiger partial charge in [0.2, 0.25) is 0 Å². The van der Waals surface area contributed by atoms with Crippen LogP contribution in [0.1, 0.15) is 25.7 Å². The third-order valence-electron chi connectivity index (χ3n) is 2.47. The second kappa shape index (κ2) is 10.5. The van der Waals surface area contributed by atoms with Crippen LogP contribution >= 0.6 is 0 Å². The molecule has 1 fully saturated rings. The molecule has 0 aromatic heterocycles. The van der Waals surface area contributed by atoms with Gasteiger partial charge >= 0.3 is 21.7 Å². The Balaban J connectivity index is -0.000000302. The van der Waals surface area contributed by atoms with Gasteiger partial charge in [0.15, 0.2) is 0 Å². The van der Waals surface area contributed by atoms with Gasteiger partial charge in [0.05, 0.1) is 0 Å². The summed E-state index contributed by atoms with van der Waals surface area (Å²) in [6.07, 6.45) is 14.5. The third kappa shape index (κ3) is 5.14. The van der Waals surface area contributed by atoms with Crippen molar-refractivity contribution in [1.82, 2.24) is 0 Å². The first-order valence-corrected chi connectivity index (χ1v) is 4.17. The Kier molecular flexibility index (Phi) is 15.2. The number of halogens is 3. The minimum absolute atomic E-state index is 0. The molecule has 1 saturated carbocycles. The van der Waals surface area contributed by atoms with Gasteiger partial charge in [0.1, 0.15) is 0 Å². The third-order valence-corrected chi connectivity index (χ3v) is 2.47. The van der Waals surface area contributed by atoms with Crippen LogP contribution in [0.5, 0.6) is 0 Å². The summed E-state index contributed by atoms with van der Waals surface area (Å²) in [4.78, 5) is 0. The van der Waals surface area contributed by atoms with Gasteiger partial charge in [-0.25, -0.2) is 18.1 Å². The minimum atomic E-state index is 0. The van der Waals surface area contributed by atoms with Crippen molar-refractivity contribution in [2.75, 3.05) is 0 Å². The van der Waals surface area contributed by atoms with E-state index in [-0.39, 0.29) is 58.9 Å². The molecule has 78 valence electrons. The Morgan fingerprint density at radius 3 is 2.57 bits per heavy atom. The van der Waals surface area contributed by atoms with E-state index in [9.17, 15) is 0 Å². The van der Waals surface area contributed by atoms with E-state index in [1.807, 2.05) is 0 Å². The van der Waals surface area contributed by atoms with Crippen molar-refractivity contribution in [1.29, 1.82) is 0 Å². The molecule has 0 aromatic carbocycles. The summed E-state index contributed by atoms with van der Waals surface area (Å²) in [6, 6.07) is 0. The Morgan fingerprint density at radius 2 is 1.86 bits per heavy atom. The second-order valence-electron chi connectivity index (χ2n) is 3.15. The van der Waals surface area contributed by atoms with Crippen molar-refractivity contribution in [2.24, 2.45) is 5.92 Å². The fraction of sp³-hybridized carbons (Fsp3) is 0.500. The molecule has 2 aliphatic rings. The van der Waals surface area contributed by atoms with Gasteiger partial charge in [-0.1, -0.05) is 6.42 Å². The van der Waals surface area contributed by atoms with Crippen LogP contribution in [0.4, 0.5) is 0 Å². The van der Waals surface area contributed by atoms with E-state index in [0.717, 1.165) is 5.92 Å². The van der Waals surface area contributed by atoms with E-state index < -0.39 is 0 Å². The zero-order chi connectivity index (χ0) is 6.81. The monoisotopic (exact) mass is 286 g/mol. The average Bonchev–Trinajstić information content (AvgIpc) is 2.28. The van der Waals surface area contributed by atoms with Gasteiger partial charge in [0, 0.05) is 0 Å². The van der Waals surface area contributed by atoms with Crippen LogP contribution in [0, 0.1) is 12.3 Å². The van der Waals surface area contributed by atoms with E-state index in [0.29, 0.717) is 0 Å². The quantitative estimate of drug-likeness (QED) is 0.307. The number of fused-ring (bicyclic) bond motifs is 1. The molecule has 4 heteroatoms. The van der Waals surface area contributed by atoms with Gasteiger partial charge in [0.25, 0.3) is 0 Å². The Morgan fingerprint density at radius 1 is 1.14 bits per heavy atom. The minimum Gasteiger partial charge on any atom is -1.00 e. The van der Waals surface area contributed by atoms with E-state index >= 15 is 0 Å². The van der Waals surface area contributed by atoms with Crippen molar-refractivity contribution < 1.29 is 58.9 Å². The molecule has 1 atom stereocenters. The summed E-state index contributed by atoms with van der Waals surface area (Å²) < 4.78 is 0. The van der Waals surface area contributed by atoms with E-state index in [1.54, 1.807) is 5.57 Å². The maximum absolute atomic E-state index is 2.39. The standard InChI is InChI=1S/C10H13.3ClH.Ti/c1-2-5-9-7-4-8-10(9)6-3-1;;;;/h1-2,5,7,10H,3-4,6,8H2;3*1H;/q-1;;;;+4/p-3. The Bertz CT molecular complexity index is 190. The van der Waals surface area contributed by atoms with Crippen LogP contribution in [0.2, 0.25) is 0 Å². The van der Waals surface area contributed by atoms with Crippen LogP contribution in [0.25, 0.3) is 0 Å². The molecule has 2 aliphatic carbocycles. The van der Waals surface area contributed by atoms with Crippen LogP contribution in [-0.2, 0) is 21.7 Å². The number of rotatable bonds is 0. The first-order chi connectivity index (χ1) is 4.97. The molecule has 0 nitrogen and oxygen atoms in total. The molecule has 0 heterocycles. The van der Waals surface area contributed by atoms with Gasteiger partial charge in [-0.05, 0) is 18.8 Å². The molecular formula is C10H13Cl3Ti. The normalized spacial score (nSPS) is 21.7. The topological polar surface area (TPSA) is 0 Å². The molecule has 0 spiro atoms. The molecule has 0 aliphatic heterocycles. The van der Waals surface area contributed by atoms with Crippen LogP contribution in [0.15, 0.2) is 23.8 Å². The molecule has 0 amide bonds. The largest absolute Gasteiger partial charge is 4.00 e. The summed E-state index contributed by atoms with van der Waals surface area (Å²) in [5, 5.41) is 0. The predicted molar refractivity (Wildman–Crippen MR) is 43.5 cm³/mol. The fourth-order valence-corrected chi connectivity index (χ4v) is 1.87. The molecule has 0 N–H and O–H groups in total. The summed E-state index contributed by atoms with van der Waals surface area (Å²) >= 11 is 0. The van der Waals surface area contributed by atoms with Crippen LogP contribution < -0.4 is 37.2 Å². The van der Waals surface area contributed by atoms with Crippen molar-refractivity contribution >= 4 is 0 Å². The number of allylic oxidation sites excluding steroid dienone is 4. The first-order valence-electron chi connectivity index (χ1n) is 4.17. The Hall–Kier alpha value is 0.934. The van der Waals surface area contributed by atoms with Gasteiger partial charge < -0.3 is 37.2 Å². The van der Waals surface area contributed by atoms with Crippen LogP contribution in [0.3, 0.4) is 0 Å². The van der Waals surface area contributed by atoms with Gasteiger partial charge in [-0.3, -0.25) is 0 Å². The van der Waals surface area contributed by atoms with Crippen molar-refractivity contribution in [3.05, 3.63) is 30.2 Å². The average molecular weight is 287 g/mol. The van der Waals surface area contributed by atoms with Crippen molar-refractivity contribution in [3.8, 4) is 0 Å². The molecular weight excluding hydrogens is 274 g/mol. The van der Waals surface area contributed by atoms with Crippen LogP contribution in [-0.4, -0.2) is 0 Å². The predicted octanol–water partition coefficient (Wildman–Crippen LogP) is -6.11. The first kappa shape index (κ1) is 20.4. The second-order valence-corrected chi connectivity index (χ2v) is 3.15.